The molecule has 2 heterocycles. The van der Waals surface area contributed by atoms with E-state index in [1.807, 2.05) is 31.2 Å². The van der Waals surface area contributed by atoms with Gasteiger partial charge in [-0.2, -0.15) is 9.97 Å². The third kappa shape index (κ3) is 4.37. The van der Waals surface area contributed by atoms with Gasteiger partial charge in [0.25, 0.3) is 0 Å². The first kappa shape index (κ1) is 17.9. The van der Waals surface area contributed by atoms with E-state index in [-0.39, 0.29) is 29.4 Å². The Labute approximate surface area is 151 Å². The maximum Gasteiger partial charge on any atom is 0.353 e. The van der Waals surface area contributed by atoms with Gasteiger partial charge in [-0.05, 0) is 25.3 Å². The molecule has 1 aliphatic rings. The van der Waals surface area contributed by atoms with E-state index in [9.17, 15) is 10.1 Å². The third-order valence-corrected chi connectivity index (χ3v) is 4.19. The van der Waals surface area contributed by atoms with Crippen LogP contribution in [-0.2, 0) is 11.3 Å². The Balaban J connectivity index is 1.74. The largest absolute Gasteiger partial charge is 0.378 e. The van der Waals surface area contributed by atoms with Crippen LogP contribution in [0.4, 0.5) is 23.3 Å². The minimum Gasteiger partial charge on any atom is -0.378 e. The van der Waals surface area contributed by atoms with Crippen LogP contribution in [0.3, 0.4) is 0 Å². The summed E-state index contributed by atoms with van der Waals surface area (Å²) in [4.78, 5) is 19.0. The first-order valence-corrected chi connectivity index (χ1v) is 8.49. The van der Waals surface area contributed by atoms with Crippen molar-refractivity contribution < 1.29 is 9.66 Å². The Morgan fingerprint density at radius 2 is 2.08 bits per heavy atom. The Morgan fingerprint density at radius 1 is 1.31 bits per heavy atom. The Hall–Kier alpha value is -2.94. The molecule has 1 fully saturated rings. The number of ether oxygens (including phenoxy) is 1. The average Bonchev–Trinajstić information content (AvgIpc) is 3.12. The van der Waals surface area contributed by atoms with E-state index in [4.69, 9.17) is 10.5 Å². The maximum absolute atomic E-state index is 11.3. The summed E-state index contributed by atoms with van der Waals surface area (Å²) >= 11 is 0. The molecule has 0 aliphatic carbocycles. The molecule has 1 aliphatic heterocycles. The summed E-state index contributed by atoms with van der Waals surface area (Å²) in [5.41, 5.74) is 7.69. The van der Waals surface area contributed by atoms with Crippen molar-refractivity contribution in [2.45, 2.75) is 32.4 Å². The van der Waals surface area contributed by atoms with Gasteiger partial charge in [-0.25, -0.2) is 0 Å². The van der Waals surface area contributed by atoms with Crippen molar-refractivity contribution in [2.24, 2.45) is 0 Å². The number of nitro groups is 1. The smallest absolute Gasteiger partial charge is 0.353 e. The molecule has 4 N–H and O–H groups in total. The van der Waals surface area contributed by atoms with Gasteiger partial charge in [0, 0.05) is 19.7 Å². The molecule has 1 aromatic carbocycles. The Bertz CT molecular complexity index is 775. The van der Waals surface area contributed by atoms with E-state index in [1.165, 1.54) is 5.56 Å². The molecule has 3 rings (SSSR count). The van der Waals surface area contributed by atoms with E-state index in [0.717, 1.165) is 18.4 Å². The number of hydrogen-bond acceptors (Lipinski definition) is 8. The molecule has 0 saturated carbocycles. The van der Waals surface area contributed by atoms with Crippen molar-refractivity contribution in [3.63, 3.8) is 0 Å². The van der Waals surface area contributed by atoms with Crippen LogP contribution in [0.5, 0.6) is 0 Å². The van der Waals surface area contributed by atoms with Gasteiger partial charge in [0.05, 0.1) is 11.0 Å². The van der Waals surface area contributed by atoms with E-state index in [2.05, 4.69) is 20.6 Å². The summed E-state index contributed by atoms with van der Waals surface area (Å²) in [6.45, 7) is 3.66. The van der Waals surface area contributed by atoms with Gasteiger partial charge in [0.1, 0.15) is 0 Å². The fourth-order valence-corrected chi connectivity index (χ4v) is 2.76. The van der Waals surface area contributed by atoms with Crippen LogP contribution >= 0.6 is 0 Å². The van der Waals surface area contributed by atoms with E-state index >= 15 is 0 Å². The highest BCUT2D eigenvalue weighted by molar-refractivity contribution is 5.69. The highest BCUT2D eigenvalue weighted by Gasteiger charge is 2.24. The zero-order chi connectivity index (χ0) is 18.5. The fourth-order valence-electron chi connectivity index (χ4n) is 2.76. The van der Waals surface area contributed by atoms with E-state index in [0.29, 0.717) is 19.7 Å². The summed E-state index contributed by atoms with van der Waals surface area (Å²) < 4.78 is 5.53. The molecule has 26 heavy (non-hydrogen) atoms. The molecule has 1 aromatic heterocycles. The van der Waals surface area contributed by atoms with Gasteiger partial charge in [0.15, 0.2) is 0 Å². The molecule has 2 aromatic rings. The van der Waals surface area contributed by atoms with Gasteiger partial charge < -0.3 is 21.1 Å². The molecule has 1 saturated heterocycles. The van der Waals surface area contributed by atoms with Crippen molar-refractivity contribution in [1.82, 2.24) is 9.97 Å². The maximum atomic E-state index is 11.3. The molecule has 138 valence electrons. The van der Waals surface area contributed by atoms with Crippen molar-refractivity contribution >= 4 is 23.3 Å². The molecule has 1 atom stereocenters. The SMILES string of the molecule is Cc1ccc(CNc2nc(N)c([N+](=O)[O-])c(NCC3CCCO3)n2)cc1. The highest BCUT2D eigenvalue weighted by Crippen LogP contribution is 2.29. The number of nitrogens with two attached hydrogens (primary N) is 1. The van der Waals surface area contributed by atoms with Crippen LogP contribution in [0.2, 0.25) is 0 Å². The lowest BCUT2D eigenvalue weighted by Crippen LogP contribution is -2.20. The minimum atomic E-state index is -0.572. The zero-order valence-electron chi connectivity index (χ0n) is 14.6. The average molecular weight is 358 g/mol. The number of aromatic nitrogens is 2. The Kier molecular flexibility index (Phi) is 5.47. The second-order valence-electron chi connectivity index (χ2n) is 6.24. The molecule has 0 amide bonds. The second kappa shape index (κ2) is 7.96. The van der Waals surface area contributed by atoms with Gasteiger partial charge in [-0.15, -0.1) is 0 Å². The lowest BCUT2D eigenvalue weighted by molar-refractivity contribution is -0.383. The second-order valence-corrected chi connectivity index (χ2v) is 6.24. The molecule has 1 unspecified atom stereocenters. The van der Waals surface area contributed by atoms with Gasteiger partial charge in [-0.1, -0.05) is 29.8 Å². The van der Waals surface area contributed by atoms with Crippen molar-refractivity contribution in [3.05, 3.63) is 45.5 Å². The number of nitrogen functional groups attached to an aromatic ring is 1. The number of nitrogens with one attached hydrogen (secondary N) is 2. The summed E-state index contributed by atoms with van der Waals surface area (Å²) in [6.07, 6.45) is 1.93. The van der Waals surface area contributed by atoms with Crippen LogP contribution in [0.15, 0.2) is 24.3 Å². The fraction of sp³-hybridized carbons (Fsp3) is 0.412. The van der Waals surface area contributed by atoms with Crippen LogP contribution in [-0.4, -0.2) is 34.1 Å². The lowest BCUT2D eigenvalue weighted by atomic mass is 10.1. The summed E-state index contributed by atoms with van der Waals surface area (Å²) in [5.74, 6) is 0.166. The van der Waals surface area contributed by atoms with E-state index < -0.39 is 4.92 Å². The number of aryl methyl sites for hydroxylation is 1. The number of benzene rings is 1. The van der Waals surface area contributed by atoms with E-state index in [1.54, 1.807) is 0 Å². The highest BCUT2D eigenvalue weighted by atomic mass is 16.6. The number of nitrogens with zero attached hydrogens (tertiary/aromatic N) is 3. The van der Waals surface area contributed by atoms with Gasteiger partial charge in [0.2, 0.25) is 17.6 Å². The van der Waals surface area contributed by atoms with Crippen molar-refractivity contribution in [1.29, 1.82) is 0 Å². The molecular weight excluding hydrogens is 336 g/mol. The van der Waals surface area contributed by atoms with Crippen LogP contribution < -0.4 is 16.4 Å². The number of anilines is 3. The molecular formula is C17H22N6O3. The quantitative estimate of drug-likeness (QED) is 0.508. The van der Waals surface area contributed by atoms with Crippen LogP contribution in [0.25, 0.3) is 0 Å². The normalized spacial score (nSPS) is 16.4. The summed E-state index contributed by atoms with van der Waals surface area (Å²) in [6, 6.07) is 8.01. The molecule has 0 spiro atoms. The van der Waals surface area contributed by atoms with Gasteiger partial charge >= 0.3 is 5.69 Å². The molecule has 9 nitrogen and oxygen atoms in total. The monoisotopic (exact) mass is 358 g/mol. The number of rotatable bonds is 7. The Morgan fingerprint density at radius 3 is 2.73 bits per heavy atom. The molecule has 0 radical (unpaired) electrons. The first-order valence-electron chi connectivity index (χ1n) is 8.49. The van der Waals surface area contributed by atoms with Crippen LogP contribution in [0.1, 0.15) is 24.0 Å². The van der Waals surface area contributed by atoms with Crippen molar-refractivity contribution in [3.8, 4) is 0 Å². The lowest BCUT2D eigenvalue weighted by Gasteiger charge is -2.13. The third-order valence-electron chi connectivity index (χ3n) is 4.19. The van der Waals surface area contributed by atoms with Crippen molar-refractivity contribution in [2.75, 3.05) is 29.5 Å². The standard InChI is InChI=1S/C17H22N6O3/c1-11-4-6-12(7-5-11)9-20-17-21-15(18)14(23(24)25)16(22-17)19-10-13-3-2-8-26-13/h4-7,13H,2-3,8-10H2,1H3,(H4,18,19,20,21,22). The van der Waals surface area contributed by atoms with Crippen LogP contribution in [0, 0.1) is 17.0 Å². The minimum absolute atomic E-state index is 0.0229. The first-order chi connectivity index (χ1) is 12.5. The predicted octanol–water partition coefficient (Wildman–Crippen LogP) is 2.48. The van der Waals surface area contributed by atoms with Gasteiger partial charge in [-0.3, -0.25) is 10.1 Å². The summed E-state index contributed by atoms with van der Waals surface area (Å²) in [7, 11) is 0. The molecule has 9 heteroatoms. The number of hydrogen-bond donors (Lipinski definition) is 3. The summed E-state index contributed by atoms with van der Waals surface area (Å²) in [5, 5.41) is 17.4. The predicted molar refractivity (Wildman–Crippen MR) is 99.1 cm³/mol. The zero-order valence-corrected chi connectivity index (χ0v) is 14.6. The topological polar surface area (TPSA) is 128 Å². The molecule has 0 bridgehead atoms.